The summed E-state index contributed by atoms with van der Waals surface area (Å²) in [5, 5.41) is 12.5. The van der Waals surface area contributed by atoms with Crippen LogP contribution in [0.4, 0.5) is 5.69 Å². The lowest BCUT2D eigenvalue weighted by Crippen LogP contribution is -2.54. The summed E-state index contributed by atoms with van der Waals surface area (Å²) < 4.78 is 10.3. The molecule has 0 aromatic heterocycles. The predicted octanol–water partition coefficient (Wildman–Crippen LogP) is 2.95. The van der Waals surface area contributed by atoms with Crippen LogP contribution in [0.5, 0.6) is 0 Å². The normalized spacial score (nSPS) is 11.8. The maximum absolute atomic E-state index is 13.1. The van der Waals surface area contributed by atoms with Gasteiger partial charge in [-0.3, -0.25) is 25.2 Å². The second-order valence-electron chi connectivity index (χ2n) is 9.14. The highest BCUT2D eigenvalue weighted by Gasteiger charge is 2.41. The molecule has 0 saturated carbocycles. The molecule has 4 N–H and O–H groups in total. The van der Waals surface area contributed by atoms with Crippen LogP contribution in [0.15, 0.2) is 72.8 Å². The van der Waals surface area contributed by atoms with Gasteiger partial charge in [-0.15, -0.1) is 0 Å². The number of aliphatic carboxylic acids is 1. The van der Waals surface area contributed by atoms with Crippen molar-refractivity contribution in [1.29, 1.82) is 0 Å². The quantitative estimate of drug-likeness (QED) is 0.209. The average molecular weight is 576 g/mol. The number of hydrazine groups is 1. The van der Waals surface area contributed by atoms with Crippen LogP contribution < -0.4 is 16.2 Å². The Morgan fingerprint density at radius 1 is 0.667 bits per heavy atom. The van der Waals surface area contributed by atoms with Gasteiger partial charge in [-0.1, -0.05) is 42.3 Å². The standard InChI is InChI=1S/C30H29N3O9/c1-4-23(34)31-22-15-13-19(14-16-22)26(35)32-33-27(36)24(41-29(39)20-9-5-17(2)6-10-20)25(28(37)38)42-30(40)21-11-7-18(3)8-12-21/h5-16,24-25H,4H2,1-3H3,(H,31,34)(H,32,35)(H,33,36)(H,37,38)/t24-,25-/m0/s1. The second-order valence-corrected chi connectivity index (χ2v) is 9.14. The van der Waals surface area contributed by atoms with E-state index < -0.39 is 41.9 Å². The van der Waals surface area contributed by atoms with Crippen molar-refractivity contribution in [2.75, 3.05) is 5.32 Å². The Labute approximate surface area is 241 Å². The van der Waals surface area contributed by atoms with Gasteiger partial charge in [0, 0.05) is 17.7 Å². The fraction of sp³-hybridized carbons (Fsp3) is 0.200. The van der Waals surface area contributed by atoms with Gasteiger partial charge >= 0.3 is 17.9 Å². The number of aryl methyl sites for hydroxylation is 2. The minimum Gasteiger partial charge on any atom is -0.478 e. The number of ether oxygens (including phenoxy) is 2. The number of carboxylic acids is 1. The highest BCUT2D eigenvalue weighted by atomic mass is 16.6. The molecule has 0 fully saturated rings. The first kappa shape index (κ1) is 31.0. The number of anilines is 1. The molecule has 3 aromatic carbocycles. The third-order valence-electron chi connectivity index (χ3n) is 5.87. The largest absolute Gasteiger partial charge is 0.478 e. The van der Waals surface area contributed by atoms with Crippen molar-refractivity contribution in [3.05, 3.63) is 101 Å². The van der Waals surface area contributed by atoms with Crippen LogP contribution in [0, 0.1) is 13.8 Å². The third kappa shape index (κ3) is 8.49. The summed E-state index contributed by atoms with van der Waals surface area (Å²) in [6, 6.07) is 17.8. The maximum Gasteiger partial charge on any atom is 0.349 e. The lowest BCUT2D eigenvalue weighted by Gasteiger charge is -2.23. The predicted molar refractivity (Wildman–Crippen MR) is 149 cm³/mol. The van der Waals surface area contributed by atoms with E-state index in [0.29, 0.717) is 5.69 Å². The Kier molecular flexibility index (Phi) is 10.5. The minimum atomic E-state index is -2.27. The van der Waals surface area contributed by atoms with Crippen molar-refractivity contribution < 1.29 is 43.3 Å². The Hall–Kier alpha value is -5.52. The Bertz CT molecular complexity index is 1470. The van der Waals surface area contributed by atoms with E-state index >= 15 is 0 Å². The molecule has 0 bridgehead atoms. The van der Waals surface area contributed by atoms with Crippen LogP contribution in [0.3, 0.4) is 0 Å². The molecule has 0 spiro atoms. The number of benzene rings is 3. The molecule has 0 radical (unpaired) electrons. The number of hydrogen-bond donors (Lipinski definition) is 4. The number of esters is 2. The molecule has 3 aromatic rings. The zero-order valence-corrected chi connectivity index (χ0v) is 23.0. The Morgan fingerprint density at radius 2 is 1.12 bits per heavy atom. The lowest BCUT2D eigenvalue weighted by molar-refractivity contribution is -0.159. The van der Waals surface area contributed by atoms with E-state index in [1.807, 2.05) is 5.43 Å². The molecule has 12 heteroatoms. The lowest BCUT2D eigenvalue weighted by atomic mass is 10.1. The van der Waals surface area contributed by atoms with Crippen molar-refractivity contribution in [1.82, 2.24) is 10.9 Å². The number of carboxylic acid groups (broad SMARTS) is 1. The first-order valence-electron chi connectivity index (χ1n) is 12.8. The van der Waals surface area contributed by atoms with Gasteiger partial charge in [-0.2, -0.15) is 0 Å². The summed E-state index contributed by atoms with van der Waals surface area (Å²) in [4.78, 5) is 74.9. The molecule has 2 atom stereocenters. The Balaban J connectivity index is 1.80. The van der Waals surface area contributed by atoms with Crippen molar-refractivity contribution in [3.63, 3.8) is 0 Å². The Morgan fingerprint density at radius 3 is 1.57 bits per heavy atom. The van der Waals surface area contributed by atoms with Crippen LogP contribution in [0.2, 0.25) is 0 Å². The van der Waals surface area contributed by atoms with Crippen LogP contribution in [0.1, 0.15) is 55.5 Å². The number of nitrogens with one attached hydrogen (secondary N) is 3. The van der Waals surface area contributed by atoms with Crippen LogP contribution >= 0.6 is 0 Å². The van der Waals surface area contributed by atoms with Crippen molar-refractivity contribution in [2.24, 2.45) is 0 Å². The summed E-state index contributed by atoms with van der Waals surface area (Å²) >= 11 is 0. The van der Waals surface area contributed by atoms with E-state index in [1.165, 1.54) is 48.5 Å². The zero-order valence-electron chi connectivity index (χ0n) is 23.0. The molecule has 0 unspecified atom stereocenters. The topological polar surface area (TPSA) is 177 Å². The summed E-state index contributed by atoms with van der Waals surface area (Å²) in [7, 11) is 0. The smallest absolute Gasteiger partial charge is 0.349 e. The number of rotatable bonds is 10. The average Bonchev–Trinajstić information content (AvgIpc) is 2.98. The zero-order chi connectivity index (χ0) is 30.8. The fourth-order valence-corrected chi connectivity index (χ4v) is 3.46. The highest BCUT2D eigenvalue weighted by molar-refractivity contribution is 5.99. The van der Waals surface area contributed by atoms with Gasteiger partial charge in [0.2, 0.25) is 18.1 Å². The summed E-state index contributed by atoms with van der Waals surface area (Å²) in [6.45, 7) is 5.25. The van der Waals surface area contributed by atoms with E-state index in [1.54, 1.807) is 45.0 Å². The molecule has 0 heterocycles. The van der Waals surface area contributed by atoms with Crippen molar-refractivity contribution in [3.8, 4) is 0 Å². The van der Waals surface area contributed by atoms with Crippen LogP contribution in [-0.4, -0.2) is 52.9 Å². The van der Waals surface area contributed by atoms with Gasteiger partial charge in [0.05, 0.1) is 11.1 Å². The molecule has 0 saturated heterocycles. The summed E-state index contributed by atoms with van der Waals surface area (Å²) in [5.74, 6) is -6.22. The molecule has 0 aliphatic carbocycles. The van der Waals surface area contributed by atoms with E-state index in [9.17, 15) is 33.9 Å². The highest BCUT2D eigenvalue weighted by Crippen LogP contribution is 2.15. The van der Waals surface area contributed by atoms with Crippen molar-refractivity contribution in [2.45, 2.75) is 39.4 Å². The molecule has 3 rings (SSSR count). The second kappa shape index (κ2) is 14.2. The number of carbonyl (C=O) groups excluding carboxylic acids is 5. The van der Waals surface area contributed by atoms with E-state index in [0.717, 1.165) is 11.1 Å². The molecule has 12 nitrogen and oxygen atoms in total. The molecular formula is C30H29N3O9. The van der Waals surface area contributed by atoms with Crippen LogP contribution in [0.25, 0.3) is 0 Å². The van der Waals surface area contributed by atoms with Crippen molar-refractivity contribution >= 4 is 41.3 Å². The molecule has 0 aliphatic rings. The third-order valence-corrected chi connectivity index (χ3v) is 5.87. The molecule has 218 valence electrons. The SMILES string of the molecule is CCC(=O)Nc1ccc(C(=O)NNC(=O)[C@@H](OC(=O)c2ccc(C)cc2)[C@H](OC(=O)c2ccc(C)cc2)C(=O)O)cc1. The molecule has 0 aliphatic heterocycles. The summed E-state index contributed by atoms with van der Waals surface area (Å²) in [5.41, 5.74) is 6.33. The maximum atomic E-state index is 13.1. The van der Waals surface area contributed by atoms with Gasteiger partial charge in [-0.25, -0.2) is 14.4 Å². The van der Waals surface area contributed by atoms with Gasteiger partial charge in [-0.05, 0) is 62.4 Å². The first-order chi connectivity index (χ1) is 20.0. The van der Waals surface area contributed by atoms with Gasteiger partial charge in [0.25, 0.3) is 11.8 Å². The van der Waals surface area contributed by atoms with Gasteiger partial charge in [0.15, 0.2) is 0 Å². The number of amides is 3. The minimum absolute atomic E-state index is 0.00254. The van der Waals surface area contributed by atoms with E-state index in [4.69, 9.17) is 9.47 Å². The van der Waals surface area contributed by atoms with E-state index in [-0.39, 0.29) is 29.0 Å². The summed E-state index contributed by atoms with van der Waals surface area (Å²) in [6.07, 6.45) is -4.20. The molecule has 42 heavy (non-hydrogen) atoms. The molecular weight excluding hydrogens is 546 g/mol. The van der Waals surface area contributed by atoms with Gasteiger partial charge < -0.3 is 19.9 Å². The number of carbonyl (C=O) groups is 6. The first-order valence-corrected chi connectivity index (χ1v) is 12.8. The van der Waals surface area contributed by atoms with Crippen LogP contribution in [-0.2, 0) is 23.9 Å². The van der Waals surface area contributed by atoms with Gasteiger partial charge in [0.1, 0.15) is 0 Å². The fourth-order valence-electron chi connectivity index (χ4n) is 3.46. The monoisotopic (exact) mass is 575 g/mol. The number of hydrogen-bond acceptors (Lipinski definition) is 8. The molecule has 3 amide bonds. The van der Waals surface area contributed by atoms with E-state index in [2.05, 4.69) is 10.7 Å².